The van der Waals surface area contributed by atoms with Crippen molar-refractivity contribution in [3.8, 4) is 17.3 Å². The monoisotopic (exact) mass is 507 g/mol. The van der Waals surface area contributed by atoms with Crippen molar-refractivity contribution >= 4 is 34.0 Å². The summed E-state index contributed by atoms with van der Waals surface area (Å²) in [7, 11) is 0. The molecule has 0 aliphatic rings. The molecule has 0 spiro atoms. The van der Waals surface area contributed by atoms with Crippen LogP contribution in [-0.4, -0.2) is 46.2 Å². The highest BCUT2D eigenvalue weighted by Gasteiger charge is 2.23. The van der Waals surface area contributed by atoms with E-state index in [2.05, 4.69) is 30.6 Å². The lowest BCUT2D eigenvalue weighted by atomic mass is 10.1. The fourth-order valence-corrected chi connectivity index (χ4v) is 4.25. The molecule has 4 heterocycles. The molecule has 0 bridgehead atoms. The molecule has 36 heavy (non-hydrogen) atoms. The lowest BCUT2D eigenvalue weighted by Crippen LogP contribution is -2.26. The van der Waals surface area contributed by atoms with Gasteiger partial charge in [0.05, 0.1) is 35.3 Å². The molecule has 0 unspecified atom stereocenters. The highest BCUT2D eigenvalue weighted by atomic mass is 35.5. The molecule has 4 N–H and O–H groups in total. The zero-order valence-electron chi connectivity index (χ0n) is 19.4. The molecular weight excluding hydrogens is 486 g/mol. The van der Waals surface area contributed by atoms with Crippen LogP contribution in [-0.2, 0) is 6.54 Å². The summed E-state index contributed by atoms with van der Waals surface area (Å²) < 4.78 is 8.61. The van der Waals surface area contributed by atoms with Crippen molar-refractivity contribution in [1.82, 2.24) is 34.5 Å². The number of pyridine rings is 1. The van der Waals surface area contributed by atoms with E-state index in [1.807, 2.05) is 19.1 Å². The molecule has 0 aliphatic heterocycles. The SMILES string of the molecule is Cc1nnc(-c2c(N)ncnc2N[C@@H](C)c2cc3cccc(Cl)c3c(=O)n2-c2ccn(CCO)n2)o1. The number of nitrogens with one attached hydrogen (secondary N) is 1. The fraction of sp³-hybridized carbons (Fsp3) is 0.217. The highest BCUT2D eigenvalue weighted by Crippen LogP contribution is 2.32. The summed E-state index contributed by atoms with van der Waals surface area (Å²) in [4.78, 5) is 22.1. The van der Waals surface area contributed by atoms with E-state index in [-0.39, 0.29) is 23.9 Å². The molecule has 5 aromatic rings. The number of aromatic nitrogens is 7. The summed E-state index contributed by atoms with van der Waals surface area (Å²) in [5.74, 6) is 1.44. The number of nitrogen functional groups attached to an aromatic ring is 1. The third kappa shape index (κ3) is 4.16. The summed E-state index contributed by atoms with van der Waals surface area (Å²) >= 11 is 6.40. The van der Waals surface area contributed by atoms with Gasteiger partial charge in [-0.1, -0.05) is 23.7 Å². The largest absolute Gasteiger partial charge is 0.421 e. The van der Waals surface area contributed by atoms with E-state index < -0.39 is 6.04 Å². The third-order valence-electron chi connectivity index (χ3n) is 5.62. The number of hydrogen-bond donors (Lipinski definition) is 3. The zero-order valence-corrected chi connectivity index (χ0v) is 20.1. The Kier molecular flexibility index (Phi) is 6.12. The van der Waals surface area contributed by atoms with Gasteiger partial charge in [-0.05, 0) is 24.4 Å². The molecule has 184 valence electrons. The Hall–Kier alpha value is -4.29. The number of benzene rings is 1. The van der Waals surface area contributed by atoms with Crippen LogP contribution in [0.3, 0.4) is 0 Å². The maximum atomic E-state index is 13.7. The first-order chi connectivity index (χ1) is 17.4. The number of nitrogens with two attached hydrogens (primary N) is 1. The van der Waals surface area contributed by atoms with Gasteiger partial charge < -0.3 is 20.6 Å². The lowest BCUT2D eigenvalue weighted by molar-refractivity contribution is 0.269. The molecular formula is C23H22ClN9O3. The lowest BCUT2D eigenvalue weighted by Gasteiger charge is -2.21. The van der Waals surface area contributed by atoms with Crippen LogP contribution in [0.4, 0.5) is 11.6 Å². The maximum Gasteiger partial charge on any atom is 0.266 e. The van der Waals surface area contributed by atoms with E-state index in [1.165, 1.54) is 10.9 Å². The van der Waals surface area contributed by atoms with Gasteiger partial charge in [0.25, 0.3) is 11.4 Å². The number of fused-ring (bicyclic) bond motifs is 1. The smallest absolute Gasteiger partial charge is 0.266 e. The summed E-state index contributed by atoms with van der Waals surface area (Å²) in [5, 5.41) is 26.4. The number of aliphatic hydroxyl groups excluding tert-OH is 1. The minimum absolute atomic E-state index is 0.0859. The van der Waals surface area contributed by atoms with Gasteiger partial charge in [-0.3, -0.25) is 14.0 Å². The second-order valence-electron chi connectivity index (χ2n) is 8.05. The summed E-state index contributed by atoms with van der Waals surface area (Å²) in [6, 6.07) is 8.37. The van der Waals surface area contributed by atoms with Gasteiger partial charge in [-0.15, -0.1) is 10.2 Å². The number of anilines is 2. The second kappa shape index (κ2) is 9.40. The van der Waals surface area contributed by atoms with Gasteiger partial charge in [0.1, 0.15) is 23.5 Å². The van der Waals surface area contributed by atoms with Gasteiger partial charge in [-0.25, -0.2) is 9.97 Å². The number of aliphatic hydroxyl groups is 1. The first kappa shape index (κ1) is 23.5. The van der Waals surface area contributed by atoms with Gasteiger partial charge in [0, 0.05) is 19.2 Å². The van der Waals surface area contributed by atoms with Crippen molar-refractivity contribution in [3.63, 3.8) is 0 Å². The van der Waals surface area contributed by atoms with E-state index in [0.717, 1.165) is 0 Å². The van der Waals surface area contributed by atoms with Crippen LogP contribution in [0.5, 0.6) is 0 Å². The highest BCUT2D eigenvalue weighted by molar-refractivity contribution is 6.35. The Morgan fingerprint density at radius 3 is 2.83 bits per heavy atom. The number of aryl methyl sites for hydroxylation is 1. The Morgan fingerprint density at radius 2 is 2.08 bits per heavy atom. The quantitative estimate of drug-likeness (QED) is 0.298. The van der Waals surface area contributed by atoms with Crippen LogP contribution in [0.15, 0.2) is 52.1 Å². The Labute approximate surface area is 209 Å². The average molecular weight is 508 g/mol. The topological polar surface area (TPSA) is 163 Å². The van der Waals surface area contributed by atoms with Gasteiger partial charge in [-0.2, -0.15) is 5.10 Å². The second-order valence-corrected chi connectivity index (χ2v) is 8.46. The molecule has 12 nitrogen and oxygen atoms in total. The molecule has 0 saturated heterocycles. The molecule has 4 aromatic heterocycles. The number of nitrogens with zero attached hydrogens (tertiary/aromatic N) is 7. The fourth-order valence-electron chi connectivity index (χ4n) is 3.99. The van der Waals surface area contributed by atoms with Gasteiger partial charge in [0.2, 0.25) is 5.89 Å². The van der Waals surface area contributed by atoms with Crippen LogP contribution in [0.25, 0.3) is 28.0 Å². The summed E-state index contributed by atoms with van der Waals surface area (Å²) in [5.41, 5.74) is 6.74. The standard InChI is InChI=1S/C23H22ClN9O3/c1-12(28-21-19(20(25)26-11-27-21)22-30-29-13(2)36-22)16-10-14-4-3-5-15(24)18(14)23(35)33(16)17-6-7-32(31-17)8-9-34/h3-7,10-12,34H,8-9H2,1-2H3,(H3,25,26,27,28)/t12-/m0/s1. The molecule has 13 heteroatoms. The normalized spacial score (nSPS) is 12.2. The molecule has 1 aromatic carbocycles. The van der Waals surface area contributed by atoms with Crippen LogP contribution in [0.1, 0.15) is 24.6 Å². The molecule has 0 amide bonds. The molecule has 0 saturated carbocycles. The average Bonchev–Trinajstić information content (AvgIpc) is 3.48. The Balaban J connectivity index is 1.66. The van der Waals surface area contributed by atoms with E-state index in [1.54, 1.807) is 36.0 Å². The van der Waals surface area contributed by atoms with Gasteiger partial charge >= 0.3 is 0 Å². The molecule has 0 fully saturated rings. The zero-order chi connectivity index (χ0) is 25.4. The van der Waals surface area contributed by atoms with Crippen LogP contribution >= 0.6 is 11.6 Å². The minimum atomic E-state index is -0.471. The van der Waals surface area contributed by atoms with Crippen LogP contribution in [0.2, 0.25) is 5.02 Å². The van der Waals surface area contributed by atoms with Crippen molar-refractivity contribution < 1.29 is 9.52 Å². The molecule has 1 atom stereocenters. The molecule has 0 radical (unpaired) electrons. The first-order valence-electron chi connectivity index (χ1n) is 11.0. The summed E-state index contributed by atoms with van der Waals surface area (Å²) in [6.07, 6.45) is 3.01. The van der Waals surface area contributed by atoms with Crippen molar-refractivity contribution in [2.24, 2.45) is 0 Å². The predicted octanol–water partition coefficient (Wildman–Crippen LogP) is 2.74. The maximum absolute atomic E-state index is 13.7. The summed E-state index contributed by atoms with van der Waals surface area (Å²) in [6.45, 7) is 3.74. The van der Waals surface area contributed by atoms with Crippen LogP contribution in [0, 0.1) is 6.92 Å². The van der Waals surface area contributed by atoms with Crippen molar-refractivity contribution in [2.45, 2.75) is 26.4 Å². The van der Waals surface area contributed by atoms with Crippen molar-refractivity contribution in [3.05, 3.63) is 69.8 Å². The Morgan fingerprint density at radius 1 is 1.25 bits per heavy atom. The van der Waals surface area contributed by atoms with E-state index in [9.17, 15) is 9.90 Å². The van der Waals surface area contributed by atoms with Crippen molar-refractivity contribution in [2.75, 3.05) is 17.7 Å². The Bertz CT molecular complexity index is 1630. The number of halogens is 1. The van der Waals surface area contributed by atoms with Crippen molar-refractivity contribution in [1.29, 1.82) is 0 Å². The van der Waals surface area contributed by atoms with Crippen LogP contribution < -0.4 is 16.6 Å². The minimum Gasteiger partial charge on any atom is -0.421 e. The van der Waals surface area contributed by atoms with E-state index in [0.29, 0.717) is 51.1 Å². The van der Waals surface area contributed by atoms with E-state index in [4.69, 9.17) is 21.8 Å². The predicted molar refractivity (Wildman–Crippen MR) is 134 cm³/mol. The van der Waals surface area contributed by atoms with Gasteiger partial charge in [0.15, 0.2) is 5.82 Å². The number of rotatable bonds is 7. The molecule has 0 aliphatic carbocycles. The van der Waals surface area contributed by atoms with E-state index >= 15 is 0 Å². The third-order valence-corrected chi connectivity index (χ3v) is 5.94. The molecule has 5 rings (SSSR count). The number of hydrogen-bond acceptors (Lipinski definition) is 10. The first-order valence-corrected chi connectivity index (χ1v) is 11.4.